The number of thiophene rings is 1. The van der Waals surface area contributed by atoms with E-state index in [1.165, 1.54) is 147 Å². The van der Waals surface area contributed by atoms with Gasteiger partial charge in [0.25, 0.3) is 6.71 Å². The van der Waals surface area contributed by atoms with Gasteiger partial charge >= 0.3 is 0 Å². The molecule has 3 nitrogen and oxygen atoms in total. The SMILES string of the molecule is CC(C)(C)c1ccc(N2c3ccc(C(C)(C)C)cc3B3c4sc5cc6c7cc5c4N(c4ccc5c(c4)C(C)(CCC5(C)C)CC7(C)CCC6(C)C)c4cc(N(c5ccc6c(c5)C(C)(C)c5ccccc5-6)c5ccc6c(c5)C(C)(C)c5ccccc5-6)cc2c43)cc1. The summed E-state index contributed by atoms with van der Waals surface area (Å²) >= 11 is 2.08. The first kappa shape index (κ1) is 56.4. The molecule has 10 aromatic rings. The Morgan fingerprint density at radius 1 is 0.411 bits per heavy atom. The zero-order valence-electron chi connectivity index (χ0n) is 56.0. The third kappa shape index (κ3) is 7.71. The lowest BCUT2D eigenvalue weighted by Crippen LogP contribution is -2.60. The number of nitrogens with zero attached hydrogens (tertiary/aromatic N) is 3. The number of benzene rings is 9. The van der Waals surface area contributed by atoms with Crippen molar-refractivity contribution in [3.8, 4) is 22.3 Å². The molecule has 0 fully saturated rings. The molecule has 0 saturated heterocycles. The summed E-state index contributed by atoms with van der Waals surface area (Å²) in [5, 5.41) is 1.39. The van der Waals surface area contributed by atoms with Gasteiger partial charge in [-0.2, -0.15) is 0 Å². The van der Waals surface area contributed by atoms with E-state index in [1.807, 2.05) is 0 Å². The van der Waals surface area contributed by atoms with Crippen LogP contribution in [0.25, 0.3) is 32.3 Å². The van der Waals surface area contributed by atoms with E-state index in [9.17, 15) is 0 Å². The molecule has 2 unspecified atom stereocenters. The number of rotatable bonds is 4. The molecule has 1 aromatic heterocycles. The molecule has 0 radical (unpaired) electrons. The molecule has 9 aromatic carbocycles. The highest BCUT2D eigenvalue weighted by molar-refractivity contribution is 7.33. The number of fused-ring (bicyclic) bond motifs is 12. The summed E-state index contributed by atoms with van der Waals surface area (Å²) in [6.45, 7) is 39.3. The molecule has 5 heteroatoms. The van der Waals surface area contributed by atoms with Crippen LogP contribution in [0, 0.1) is 0 Å². The molecule has 4 aliphatic carbocycles. The topological polar surface area (TPSA) is 9.72 Å². The van der Waals surface area contributed by atoms with E-state index in [1.54, 1.807) is 16.7 Å². The van der Waals surface area contributed by atoms with Crippen molar-refractivity contribution in [2.75, 3.05) is 14.7 Å². The lowest BCUT2D eigenvalue weighted by atomic mass is 9.36. The second-order valence-corrected chi connectivity index (χ2v) is 34.5. The average Bonchev–Trinajstić information content (AvgIpc) is 1.28. The fourth-order valence-electron chi connectivity index (χ4n) is 18.6. The van der Waals surface area contributed by atoms with Crippen LogP contribution in [-0.2, 0) is 43.3 Å². The molecule has 17 rings (SSSR count). The number of hydrogen-bond donors (Lipinski definition) is 0. The fraction of sp³-hybridized carbons (Fsp3) is 0.341. The minimum atomic E-state index is -0.202. The van der Waals surface area contributed by atoms with Crippen LogP contribution in [0.3, 0.4) is 0 Å². The molecule has 7 aliphatic rings. The van der Waals surface area contributed by atoms with E-state index in [4.69, 9.17) is 0 Å². The zero-order chi connectivity index (χ0) is 62.5. The van der Waals surface area contributed by atoms with Crippen molar-refractivity contribution >= 4 is 95.0 Å². The highest BCUT2D eigenvalue weighted by atomic mass is 32.1. The van der Waals surface area contributed by atoms with Gasteiger partial charge in [0.15, 0.2) is 0 Å². The standard InChI is InChI=1S/C85H86BN3S/c1-78(2,3)50-25-28-52(29-26-50)88-71-36-27-51(79(4,5)6)41-70(71)86-75-72(88)45-56(87(53-30-33-59-57-21-17-19-23-62(57)82(11,12)65(59)42-53)54-31-34-60-58-22-18-20-24-63(58)83(13,14)66(60)43-54)46-73(75)89-55-32-35-64-68(44-55)84(15,39-37-80(64,7)8)49-85(16)40-38-81(9,10)67-48-74-61(47-69(67)85)76(89)77(86)90-74/h17-36,41-48H,37-40,49H2,1-16H3. The van der Waals surface area contributed by atoms with Crippen molar-refractivity contribution in [2.45, 2.75) is 186 Å². The van der Waals surface area contributed by atoms with Gasteiger partial charge in [0.1, 0.15) is 0 Å². The third-order valence-corrected chi connectivity index (χ3v) is 25.2. The third-order valence-electron chi connectivity index (χ3n) is 24.0. The van der Waals surface area contributed by atoms with Gasteiger partial charge in [0.2, 0.25) is 0 Å². The molecule has 0 N–H and O–H groups in total. The molecule has 0 saturated carbocycles. The monoisotopic (exact) mass is 1190 g/mol. The Hall–Kier alpha value is -7.60. The van der Waals surface area contributed by atoms with Crippen LogP contribution in [0.4, 0.5) is 51.2 Å². The van der Waals surface area contributed by atoms with Crippen molar-refractivity contribution in [1.29, 1.82) is 0 Å². The lowest BCUT2D eigenvalue weighted by molar-refractivity contribution is 0.208. The quantitative estimate of drug-likeness (QED) is 0.163. The van der Waals surface area contributed by atoms with Gasteiger partial charge in [-0.15, -0.1) is 11.3 Å². The van der Waals surface area contributed by atoms with Gasteiger partial charge in [0.05, 0.1) is 11.4 Å². The Morgan fingerprint density at radius 2 is 0.933 bits per heavy atom. The van der Waals surface area contributed by atoms with Crippen LogP contribution in [-0.4, -0.2) is 6.71 Å². The van der Waals surface area contributed by atoms with Crippen LogP contribution in [0.5, 0.6) is 0 Å². The molecule has 0 spiro atoms. The molecule has 4 heterocycles. The van der Waals surface area contributed by atoms with Crippen molar-refractivity contribution in [1.82, 2.24) is 0 Å². The van der Waals surface area contributed by atoms with Crippen LogP contribution in [0.1, 0.15) is 199 Å². The summed E-state index contributed by atoms with van der Waals surface area (Å²) in [7, 11) is 0. The van der Waals surface area contributed by atoms with Crippen LogP contribution < -0.4 is 30.4 Å². The van der Waals surface area contributed by atoms with Crippen molar-refractivity contribution in [2.24, 2.45) is 0 Å². The minimum Gasteiger partial charge on any atom is -0.311 e. The highest BCUT2D eigenvalue weighted by Crippen LogP contribution is 2.61. The fourth-order valence-corrected chi connectivity index (χ4v) is 20.0. The molecular weight excluding hydrogens is 1110 g/mol. The summed E-state index contributed by atoms with van der Waals surface area (Å²) < 4.78 is 2.85. The maximum absolute atomic E-state index is 2.81. The first-order valence-corrected chi connectivity index (χ1v) is 34.5. The summed E-state index contributed by atoms with van der Waals surface area (Å²) in [6, 6.07) is 68.7. The maximum Gasteiger partial charge on any atom is 0.264 e. The van der Waals surface area contributed by atoms with Crippen molar-refractivity contribution < 1.29 is 0 Å². The Balaban J connectivity index is 1.02. The van der Waals surface area contributed by atoms with E-state index in [0.717, 1.165) is 23.5 Å². The van der Waals surface area contributed by atoms with E-state index in [-0.39, 0.29) is 50.0 Å². The predicted octanol–water partition coefficient (Wildman–Crippen LogP) is 21.7. The Kier molecular flexibility index (Phi) is 11.4. The molecule has 3 aliphatic heterocycles. The van der Waals surface area contributed by atoms with E-state index in [0.29, 0.717) is 0 Å². The van der Waals surface area contributed by atoms with Gasteiger partial charge in [-0.05, 0) is 232 Å². The molecule has 2 atom stereocenters. The predicted molar refractivity (Wildman–Crippen MR) is 387 cm³/mol. The summed E-state index contributed by atoms with van der Waals surface area (Å²) in [4.78, 5) is 8.12. The highest BCUT2D eigenvalue weighted by Gasteiger charge is 2.52. The van der Waals surface area contributed by atoms with Crippen LogP contribution in [0.2, 0.25) is 0 Å². The summed E-state index contributed by atoms with van der Waals surface area (Å²) in [5.41, 5.74) is 33.1. The van der Waals surface area contributed by atoms with E-state index >= 15 is 0 Å². The Morgan fingerprint density at radius 3 is 1.52 bits per heavy atom. The summed E-state index contributed by atoms with van der Waals surface area (Å²) in [5.74, 6) is 0. The largest absolute Gasteiger partial charge is 0.311 e. The van der Waals surface area contributed by atoms with Gasteiger partial charge in [-0.1, -0.05) is 202 Å². The minimum absolute atomic E-state index is 0.000364. The first-order valence-electron chi connectivity index (χ1n) is 33.6. The lowest BCUT2D eigenvalue weighted by Gasteiger charge is -2.51. The molecule has 4 bridgehead atoms. The zero-order valence-corrected chi connectivity index (χ0v) is 56.8. The van der Waals surface area contributed by atoms with Crippen LogP contribution >= 0.6 is 11.3 Å². The molecule has 0 amide bonds. The van der Waals surface area contributed by atoms with Crippen LogP contribution in [0.15, 0.2) is 170 Å². The second-order valence-electron chi connectivity index (χ2n) is 33.5. The van der Waals surface area contributed by atoms with Gasteiger partial charge in [-0.25, -0.2) is 0 Å². The molecular formula is C85H86BN3S. The number of anilines is 9. The van der Waals surface area contributed by atoms with E-state index in [2.05, 4.69) is 307 Å². The maximum atomic E-state index is 2.81. The van der Waals surface area contributed by atoms with Crippen molar-refractivity contribution in [3.05, 3.63) is 225 Å². The molecule has 450 valence electrons. The van der Waals surface area contributed by atoms with Gasteiger partial charge in [-0.3, -0.25) is 0 Å². The molecule has 90 heavy (non-hydrogen) atoms. The summed E-state index contributed by atoms with van der Waals surface area (Å²) in [6.07, 6.45) is 5.85. The Bertz CT molecular complexity index is 4680. The second kappa shape index (κ2) is 18.1. The first-order chi connectivity index (χ1) is 42.6. The Labute approximate surface area is 540 Å². The van der Waals surface area contributed by atoms with Gasteiger partial charge < -0.3 is 14.7 Å². The normalized spacial score (nSPS) is 21.0. The smallest absolute Gasteiger partial charge is 0.264 e. The average molecular weight is 1190 g/mol. The number of hydrogen-bond acceptors (Lipinski definition) is 4. The van der Waals surface area contributed by atoms with Crippen molar-refractivity contribution in [3.63, 3.8) is 0 Å². The van der Waals surface area contributed by atoms with Gasteiger partial charge in [0, 0.05) is 65.5 Å². The van der Waals surface area contributed by atoms with E-state index < -0.39 is 0 Å².